The number of nitrogens with one attached hydrogen (secondary N) is 2. The minimum absolute atomic E-state index is 0.0219. The number of anilines is 2. The van der Waals surface area contributed by atoms with Gasteiger partial charge in [-0.3, -0.25) is 4.72 Å². The van der Waals surface area contributed by atoms with Crippen LogP contribution in [0.3, 0.4) is 0 Å². The largest absolute Gasteiger partial charge is 0.307 e. The predicted octanol–water partition coefficient (Wildman–Crippen LogP) is 1.31. The van der Waals surface area contributed by atoms with E-state index in [1.807, 2.05) is 0 Å². The summed E-state index contributed by atoms with van der Waals surface area (Å²) in [6.07, 6.45) is 1.39. The number of nitrogen functional groups attached to an aromatic ring is 1. The van der Waals surface area contributed by atoms with Gasteiger partial charge in [0.2, 0.25) is 0 Å². The second kappa shape index (κ2) is 5.21. The molecule has 0 saturated heterocycles. The first kappa shape index (κ1) is 13.2. The Labute approximate surface area is 109 Å². The number of aromatic nitrogens is 1. The van der Waals surface area contributed by atoms with Crippen LogP contribution in [0.2, 0.25) is 0 Å². The van der Waals surface area contributed by atoms with Crippen molar-refractivity contribution in [2.45, 2.75) is 4.90 Å². The van der Waals surface area contributed by atoms with Gasteiger partial charge in [-0.05, 0) is 24.3 Å². The second-order valence-corrected chi connectivity index (χ2v) is 5.23. The molecule has 100 valence electrons. The topological polar surface area (TPSA) is 97.1 Å². The first-order valence-electron chi connectivity index (χ1n) is 5.23. The summed E-state index contributed by atoms with van der Waals surface area (Å²) >= 11 is 0. The van der Waals surface area contributed by atoms with E-state index in [2.05, 4.69) is 15.1 Å². The maximum atomic E-state index is 13.4. The Morgan fingerprint density at radius 2 is 1.89 bits per heavy atom. The molecule has 1 heterocycles. The fourth-order valence-electron chi connectivity index (χ4n) is 1.46. The molecule has 0 fully saturated rings. The summed E-state index contributed by atoms with van der Waals surface area (Å²) in [4.78, 5) is 3.61. The highest BCUT2D eigenvalue weighted by Gasteiger charge is 2.20. The molecule has 0 aliphatic heterocycles. The minimum atomic E-state index is -3.97. The Hall–Kier alpha value is -2.19. The van der Waals surface area contributed by atoms with E-state index < -0.39 is 15.8 Å². The molecule has 1 aromatic carbocycles. The van der Waals surface area contributed by atoms with Gasteiger partial charge in [0.15, 0.2) is 5.82 Å². The monoisotopic (exact) mass is 282 g/mol. The van der Waals surface area contributed by atoms with Crippen LogP contribution in [-0.4, -0.2) is 13.4 Å². The number of benzene rings is 1. The van der Waals surface area contributed by atoms with Gasteiger partial charge in [-0.25, -0.2) is 23.6 Å². The fourth-order valence-corrected chi connectivity index (χ4v) is 2.65. The first-order chi connectivity index (χ1) is 9.04. The van der Waals surface area contributed by atoms with Crippen molar-refractivity contribution in [3.63, 3.8) is 0 Å². The van der Waals surface area contributed by atoms with E-state index in [1.54, 1.807) is 0 Å². The molecule has 0 unspecified atom stereocenters. The summed E-state index contributed by atoms with van der Waals surface area (Å²) in [5, 5.41) is 0. The van der Waals surface area contributed by atoms with Crippen molar-refractivity contribution in [1.82, 2.24) is 4.98 Å². The summed E-state index contributed by atoms with van der Waals surface area (Å²) < 4.78 is 39.8. The van der Waals surface area contributed by atoms with Gasteiger partial charge in [-0.15, -0.1) is 0 Å². The summed E-state index contributed by atoms with van der Waals surface area (Å²) in [5.74, 6) is 4.50. The molecule has 6 nitrogen and oxygen atoms in total. The van der Waals surface area contributed by atoms with Gasteiger partial charge < -0.3 is 5.43 Å². The zero-order valence-corrected chi connectivity index (χ0v) is 10.5. The number of hydrogen-bond donors (Lipinski definition) is 3. The molecule has 0 bridgehead atoms. The molecule has 0 aliphatic rings. The van der Waals surface area contributed by atoms with Gasteiger partial charge >= 0.3 is 0 Å². The highest BCUT2D eigenvalue weighted by atomic mass is 32.2. The number of halogens is 1. The molecule has 19 heavy (non-hydrogen) atoms. The van der Waals surface area contributed by atoms with Gasteiger partial charge in [0.05, 0.1) is 5.69 Å². The van der Waals surface area contributed by atoms with Crippen LogP contribution < -0.4 is 16.0 Å². The van der Waals surface area contributed by atoms with Crippen LogP contribution in [0.25, 0.3) is 0 Å². The van der Waals surface area contributed by atoms with Crippen LogP contribution in [0.5, 0.6) is 0 Å². The Kier molecular flexibility index (Phi) is 3.63. The Balaban J connectivity index is 2.41. The van der Waals surface area contributed by atoms with Crippen LogP contribution in [0.4, 0.5) is 15.9 Å². The molecule has 1 aromatic heterocycles. The van der Waals surface area contributed by atoms with Crippen molar-refractivity contribution >= 4 is 21.5 Å². The third-order valence-corrected chi connectivity index (χ3v) is 3.71. The van der Waals surface area contributed by atoms with Crippen LogP contribution in [-0.2, 0) is 10.0 Å². The Morgan fingerprint density at radius 1 is 1.16 bits per heavy atom. The van der Waals surface area contributed by atoms with Crippen molar-refractivity contribution in [2.75, 3.05) is 10.1 Å². The van der Waals surface area contributed by atoms with Gasteiger partial charge in [0, 0.05) is 6.20 Å². The van der Waals surface area contributed by atoms with Gasteiger partial charge in [0.1, 0.15) is 10.7 Å². The zero-order chi connectivity index (χ0) is 13.9. The van der Waals surface area contributed by atoms with Crippen LogP contribution in [0.15, 0.2) is 47.5 Å². The number of pyridine rings is 1. The van der Waals surface area contributed by atoms with Crippen molar-refractivity contribution in [2.24, 2.45) is 5.84 Å². The number of rotatable bonds is 4. The van der Waals surface area contributed by atoms with Gasteiger partial charge in [0.25, 0.3) is 10.0 Å². The number of nitrogens with zero attached hydrogens (tertiary/aromatic N) is 1. The summed E-state index contributed by atoms with van der Waals surface area (Å²) in [6, 6.07) is 8.21. The Bertz CT molecular complexity index is 691. The van der Waals surface area contributed by atoms with E-state index >= 15 is 0 Å². The summed E-state index contributed by atoms with van der Waals surface area (Å²) in [5.41, 5.74) is 2.03. The van der Waals surface area contributed by atoms with Crippen LogP contribution in [0.1, 0.15) is 0 Å². The maximum absolute atomic E-state index is 13.4. The smallest absolute Gasteiger partial charge is 0.265 e. The number of para-hydroxylation sites is 1. The highest BCUT2D eigenvalue weighted by molar-refractivity contribution is 7.92. The quantitative estimate of drug-likeness (QED) is 0.580. The third-order valence-electron chi connectivity index (χ3n) is 2.32. The molecule has 2 aromatic rings. The van der Waals surface area contributed by atoms with Crippen molar-refractivity contribution in [3.8, 4) is 0 Å². The normalized spacial score (nSPS) is 11.1. The molecule has 2 rings (SSSR count). The molecule has 4 N–H and O–H groups in total. The third kappa shape index (κ3) is 2.80. The van der Waals surface area contributed by atoms with E-state index in [9.17, 15) is 12.8 Å². The first-order valence-corrected chi connectivity index (χ1v) is 6.72. The molecule has 0 atom stereocenters. The summed E-state index contributed by atoms with van der Waals surface area (Å²) in [7, 11) is -3.97. The van der Waals surface area contributed by atoms with E-state index in [4.69, 9.17) is 5.84 Å². The molecular formula is C11H11FN4O2S. The highest BCUT2D eigenvalue weighted by Crippen LogP contribution is 2.22. The lowest BCUT2D eigenvalue weighted by atomic mass is 10.3. The lowest BCUT2D eigenvalue weighted by Gasteiger charge is -2.11. The number of hydrazine groups is 1. The molecule has 0 aliphatic carbocycles. The van der Waals surface area contributed by atoms with E-state index in [1.165, 1.54) is 36.5 Å². The van der Waals surface area contributed by atoms with Gasteiger partial charge in [-0.1, -0.05) is 12.1 Å². The minimum Gasteiger partial charge on any atom is -0.307 e. The van der Waals surface area contributed by atoms with Crippen LogP contribution >= 0.6 is 0 Å². The molecule has 8 heteroatoms. The van der Waals surface area contributed by atoms with Crippen molar-refractivity contribution in [1.29, 1.82) is 0 Å². The summed E-state index contributed by atoms with van der Waals surface area (Å²) in [6.45, 7) is 0. The molecular weight excluding hydrogens is 271 g/mol. The molecule has 0 spiro atoms. The van der Waals surface area contributed by atoms with Crippen molar-refractivity contribution in [3.05, 3.63) is 48.4 Å². The van der Waals surface area contributed by atoms with E-state index in [0.717, 1.165) is 6.07 Å². The van der Waals surface area contributed by atoms with Crippen LogP contribution in [0, 0.1) is 5.82 Å². The molecule has 0 saturated carbocycles. The maximum Gasteiger partial charge on any atom is 0.265 e. The number of nitrogens with two attached hydrogens (primary N) is 1. The van der Waals surface area contributed by atoms with Crippen molar-refractivity contribution < 1.29 is 12.8 Å². The fraction of sp³-hybridized carbons (Fsp3) is 0. The predicted molar refractivity (Wildman–Crippen MR) is 69.3 cm³/mol. The van der Waals surface area contributed by atoms with E-state index in [0.29, 0.717) is 0 Å². The van der Waals surface area contributed by atoms with Gasteiger partial charge in [-0.2, -0.15) is 0 Å². The average Bonchev–Trinajstić information content (AvgIpc) is 2.41. The number of sulfonamides is 1. The van der Waals surface area contributed by atoms with E-state index in [-0.39, 0.29) is 16.4 Å². The molecule has 0 radical (unpaired) electrons. The second-order valence-electron chi connectivity index (χ2n) is 3.58. The lowest BCUT2D eigenvalue weighted by Crippen LogP contribution is -2.19. The Morgan fingerprint density at radius 3 is 2.58 bits per heavy atom. The average molecular weight is 282 g/mol. The SMILES string of the molecule is NNc1ncccc1S(=O)(=O)Nc1ccccc1F. The zero-order valence-electron chi connectivity index (χ0n) is 9.67. The lowest BCUT2D eigenvalue weighted by molar-refractivity contribution is 0.598. The molecule has 0 amide bonds. The standard InChI is InChI=1S/C11H11FN4O2S/c12-8-4-1-2-5-9(8)16-19(17,18)10-6-3-7-14-11(10)15-13/h1-7,16H,13H2,(H,14,15). The number of hydrogen-bond acceptors (Lipinski definition) is 5.